The Bertz CT molecular complexity index is 1190. The molecule has 0 saturated carbocycles. The molecule has 4 rings (SSSR count). The van der Waals surface area contributed by atoms with Crippen molar-refractivity contribution in [1.29, 1.82) is 0 Å². The lowest BCUT2D eigenvalue weighted by molar-refractivity contribution is 0.00962. The summed E-state index contributed by atoms with van der Waals surface area (Å²) in [5.74, 6) is 2.48. The number of rotatable bonds is 15. The molecule has 0 N–H and O–H groups in total. The van der Waals surface area contributed by atoms with Gasteiger partial charge in [-0.25, -0.2) is 0 Å². The summed E-state index contributed by atoms with van der Waals surface area (Å²) in [6.07, 6.45) is 2.91. The van der Waals surface area contributed by atoms with Gasteiger partial charge in [0.25, 0.3) is 0 Å². The van der Waals surface area contributed by atoms with Gasteiger partial charge in [-0.05, 0) is 77.9 Å². The number of hydrogen-bond acceptors (Lipinski definition) is 5. The smallest absolute Gasteiger partial charge is 0.143 e. The van der Waals surface area contributed by atoms with E-state index < -0.39 is 5.60 Å². The summed E-state index contributed by atoms with van der Waals surface area (Å²) in [5.41, 5.74) is 3.53. The second kappa shape index (κ2) is 14.4. The number of hydrogen-bond donors (Lipinski definition) is 0. The summed E-state index contributed by atoms with van der Waals surface area (Å²) >= 11 is 0. The molecule has 0 bridgehead atoms. The Morgan fingerprint density at radius 3 is 1.46 bits per heavy atom. The van der Waals surface area contributed by atoms with E-state index in [-0.39, 0.29) is 0 Å². The molecule has 0 aliphatic carbocycles. The molecule has 0 unspecified atom stereocenters. The summed E-state index contributed by atoms with van der Waals surface area (Å²) in [5, 5.41) is 0. The Morgan fingerprint density at radius 2 is 0.949 bits per heavy atom. The predicted octanol–water partition coefficient (Wildman–Crippen LogP) is 7.41. The summed E-state index contributed by atoms with van der Waals surface area (Å²) in [4.78, 5) is 0. The van der Waals surface area contributed by atoms with E-state index in [1.165, 1.54) is 0 Å². The standard InChI is InChI=1S/C34H38O5/c1-35-31-18-12-27(13-19-31)26-38-24-8-5-9-25-39-34(28-10-6-4-7-11-28,29-14-20-32(36-2)21-15-29)30-16-22-33(37-3)23-17-30/h4,6-7,10-23H,5,8-9,24-26H2,1-3H3. The molecule has 0 aliphatic rings. The molecule has 5 nitrogen and oxygen atoms in total. The van der Waals surface area contributed by atoms with Crippen molar-refractivity contribution in [2.24, 2.45) is 0 Å². The Labute approximate surface area is 232 Å². The van der Waals surface area contributed by atoms with Gasteiger partial charge in [0.1, 0.15) is 22.8 Å². The molecule has 0 aliphatic heterocycles. The molecular formula is C34H38O5. The van der Waals surface area contributed by atoms with Crippen LogP contribution in [0.4, 0.5) is 0 Å². The van der Waals surface area contributed by atoms with Crippen LogP contribution in [0.25, 0.3) is 0 Å². The minimum Gasteiger partial charge on any atom is -0.497 e. The van der Waals surface area contributed by atoms with E-state index in [9.17, 15) is 0 Å². The third-order valence-electron chi connectivity index (χ3n) is 6.85. The lowest BCUT2D eigenvalue weighted by Crippen LogP contribution is -2.33. The first-order chi connectivity index (χ1) is 19.2. The monoisotopic (exact) mass is 526 g/mol. The average molecular weight is 527 g/mol. The highest BCUT2D eigenvalue weighted by Gasteiger charge is 2.37. The van der Waals surface area contributed by atoms with Gasteiger partial charge in [-0.15, -0.1) is 0 Å². The molecule has 204 valence electrons. The van der Waals surface area contributed by atoms with Gasteiger partial charge >= 0.3 is 0 Å². The fraction of sp³-hybridized carbons (Fsp3) is 0.294. The van der Waals surface area contributed by atoms with Crippen LogP contribution in [-0.4, -0.2) is 34.5 Å². The lowest BCUT2D eigenvalue weighted by atomic mass is 9.80. The van der Waals surface area contributed by atoms with Crippen molar-refractivity contribution < 1.29 is 23.7 Å². The van der Waals surface area contributed by atoms with Gasteiger partial charge in [0.05, 0.1) is 27.9 Å². The second-order valence-electron chi connectivity index (χ2n) is 9.31. The summed E-state index contributed by atoms with van der Waals surface area (Å²) in [6.45, 7) is 1.92. The molecule has 0 aromatic heterocycles. The maximum absolute atomic E-state index is 6.90. The van der Waals surface area contributed by atoms with E-state index in [2.05, 4.69) is 48.5 Å². The van der Waals surface area contributed by atoms with Crippen molar-refractivity contribution in [2.75, 3.05) is 34.5 Å². The first-order valence-corrected chi connectivity index (χ1v) is 13.4. The minimum atomic E-state index is -0.773. The van der Waals surface area contributed by atoms with Crippen molar-refractivity contribution in [1.82, 2.24) is 0 Å². The van der Waals surface area contributed by atoms with Crippen LogP contribution in [0.1, 0.15) is 41.5 Å². The fourth-order valence-corrected chi connectivity index (χ4v) is 4.69. The van der Waals surface area contributed by atoms with Crippen LogP contribution in [-0.2, 0) is 21.7 Å². The van der Waals surface area contributed by atoms with Gasteiger partial charge in [-0.1, -0.05) is 66.7 Å². The van der Waals surface area contributed by atoms with Crippen molar-refractivity contribution >= 4 is 0 Å². The first kappa shape index (κ1) is 28.2. The highest BCUT2D eigenvalue weighted by Crippen LogP contribution is 2.41. The van der Waals surface area contributed by atoms with E-state index in [1.807, 2.05) is 54.6 Å². The van der Waals surface area contributed by atoms with E-state index in [1.54, 1.807) is 21.3 Å². The molecule has 39 heavy (non-hydrogen) atoms. The van der Waals surface area contributed by atoms with E-state index in [0.717, 1.165) is 58.8 Å². The average Bonchev–Trinajstić information content (AvgIpc) is 3.01. The van der Waals surface area contributed by atoms with Gasteiger partial charge < -0.3 is 23.7 Å². The molecule has 4 aromatic carbocycles. The Kier molecular flexibility index (Phi) is 10.4. The zero-order chi connectivity index (χ0) is 27.3. The molecule has 0 amide bonds. The molecule has 0 spiro atoms. The van der Waals surface area contributed by atoms with Gasteiger partial charge in [-0.3, -0.25) is 0 Å². The normalized spacial score (nSPS) is 11.3. The molecule has 0 atom stereocenters. The molecule has 5 heteroatoms. The largest absolute Gasteiger partial charge is 0.497 e. The number of benzene rings is 4. The van der Waals surface area contributed by atoms with Crippen molar-refractivity contribution in [3.63, 3.8) is 0 Å². The van der Waals surface area contributed by atoms with E-state index in [0.29, 0.717) is 19.8 Å². The molecule has 4 aromatic rings. The Balaban J connectivity index is 1.44. The second-order valence-corrected chi connectivity index (χ2v) is 9.31. The minimum absolute atomic E-state index is 0.603. The van der Waals surface area contributed by atoms with Gasteiger partial charge in [-0.2, -0.15) is 0 Å². The number of methoxy groups -OCH3 is 3. The van der Waals surface area contributed by atoms with Gasteiger partial charge in [0, 0.05) is 13.2 Å². The van der Waals surface area contributed by atoms with E-state index >= 15 is 0 Å². The van der Waals surface area contributed by atoms with Crippen LogP contribution >= 0.6 is 0 Å². The van der Waals surface area contributed by atoms with Crippen LogP contribution in [0.5, 0.6) is 17.2 Å². The predicted molar refractivity (Wildman–Crippen MR) is 155 cm³/mol. The maximum atomic E-state index is 6.90. The number of ether oxygens (including phenoxy) is 5. The highest BCUT2D eigenvalue weighted by molar-refractivity contribution is 5.49. The molecule has 0 fully saturated rings. The van der Waals surface area contributed by atoms with Crippen molar-refractivity contribution in [3.8, 4) is 17.2 Å². The summed E-state index contributed by atoms with van der Waals surface area (Å²) in [6, 6.07) is 34.7. The Hall–Kier alpha value is -3.80. The molecular weight excluding hydrogens is 488 g/mol. The molecule has 0 heterocycles. The van der Waals surface area contributed by atoms with E-state index in [4.69, 9.17) is 23.7 Å². The summed E-state index contributed by atoms with van der Waals surface area (Å²) in [7, 11) is 5.04. The van der Waals surface area contributed by atoms with Crippen molar-refractivity contribution in [2.45, 2.75) is 31.5 Å². The van der Waals surface area contributed by atoms with Crippen molar-refractivity contribution in [3.05, 3.63) is 125 Å². The SMILES string of the molecule is COc1ccc(COCCCCCOC(c2ccccc2)(c2ccc(OC)cc2)c2ccc(OC)cc2)cc1. The maximum Gasteiger partial charge on any atom is 0.143 e. The molecule has 0 saturated heterocycles. The third kappa shape index (κ3) is 7.20. The fourth-order valence-electron chi connectivity index (χ4n) is 4.69. The summed E-state index contributed by atoms with van der Waals surface area (Å²) < 4.78 is 28.9. The van der Waals surface area contributed by atoms with Crippen LogP contribution in [0.15, 0.2) is 103 Å². The number of unbranched alkanes of at least 4 members (excludes halogenated alkanes) is 2. The Morgan fingerprint density at radius 1 is 0.487 bits per heavy atom. The quantitative estimate of drug-likeness (QED) is 0.119. The third-order valence-corrected chi connectivity index (χ3v) is 6.85. The zero-order valence-corrected chi connectivity index (χ0v) is 23.1. The van der Waals surface area contributed by atoms with Crippen LogP contribution in [0, 0.1) is 0 Å². The highest BCUT2D eigenvalue weighted by atomic mass is 16.5. The van der Waals surface area contributed by atoms with Gasteiger partial charge in [0.2, 0.25) is 0 Å². The topological polar surface area (TPSA) is 46.2 Å². The zero-order valence-electron chi connectivity index (χ0n) is 23.1. The lowest BCUT2D eigenvalue weighted by Gasteiger charge is -2.36. The van der Waals surface area contributed by atoms with Crippen LogP contribution in [0.2, 0.25) is 0 Å². The first-order valence-electron chi connectivity index (χ1n) is 13.4. The van der Waals surface area contributed by atoms with Crippen LogP contribution in [0.3, 0.4) is 0 Å². The molecule has 0 radical (unpaired) electrons. The van der Waals surface area contributed by atoms with Crippen LogP contribution < -0.4 is 14.2 Å². The van der Waals surface area contributed by atoms with Gasteiger partial charge in [0.15, 0.2) is 0 Å².